The molecule has 0 aliphatic heterocycles. The van der Waals surface area contributed by atoms with Gasteiger partial charge in [0, 0.05) is 0 Å². The van der Waals surface area contributed by atoms with Gasteiger partial charge in [-0.3, -0.25) is 10.1 Å². The van der Waals surface area contributed by atoms with Gasteiger partial charge in [-0.05, 0) is 11.6 Å². The van der Waals surface area contributed by atoms with Crippen LogP contribution in [-0.4, -0.2) is 23.4 Å². The molecular weight excluding hydrogens is 286 g/mol. The van der Waals surface area contributed by atoms with Crippen LogP contribution in [0.2, 0.25) is 0 Å². The third-order valence-electron chi connectivity index (χ3n) is 2.95. The lowest BCUT2D eigenvalue weighted by Gasteiger charge is -2.05. The van der Waals surface area contributed by atoms with E-state index in [1.807, 2.05) is 30.3 Å². The van der Waals surface area contributed by atoms with E-state index in [9.17, 15) is 15.2 Å². The number of aromatic hydroxyl groups is 1. The smallest absolute Gasteiger partial charge is 0.282 e. The number of nitrogens with zero attached hydrogens (tertiary/aromatic N) is 2. The van der Waals surface area contributed by atoms with Gasteiger partial charge in [0.1, 0.15) is 0 Å². The summed E-state index contributed by atoms with van der Waals surface area (Å²) < 4.78 is 4.86. The molecule has 2 rings (SSSR count). The van der Waals surface area contributed by atoms with Crippen molar-refractivity contribution >= 4 is 11.9 Å². The first-order chi connectivity index (χ1) is 10.6. The molecule has 2 aromatic carbocycles. The Labute approximate surface area is 127 Å². The zero-order valence-corrected chi connectivity index (χ0v) is 11.9. The second-order valence-electron chi connectivity index (χ2n) is 4.42. The number of ether oxygens (including phenoxy) is 1. The van der Waals surface area contributed by atoms with Crippen LogP contribution in [0.1, 0.15) is 11.1 Å². The summed E-state index contributed by atoms with van der Waals surface area (Å²) in [4.78, 5) is 10.5. The van der Waals surface area contributed by atoms with E-state index in [1.165, 1.54) is 19.4 Å². The number of nitro benzene ring substituents is 1. The van der Waals surface area contributed by atoms with Gasteiger partial charge in [0.25, 0.3) is 5.69 Å². The molecule has 7 heteroatoms. The fraction of sp³-hybridized carbons (Fsp3) is 0.133. The van der Waals surface area contributed by atoms with Gasteiger partial charge in [0.2, 0.25) is 0 Å². The van der Waals surface area contributed by atoms with Crippen molar-refractivity contribution in [3.05, 3.63) is 63.7 Å². The molecule has 0 saturated heterocycles. The van der Waals surface area contributed by atoms with Crippen molar-refractivity contribution in [2.45, 2.75) is 6.54 Å². The molecule has 0 spiro atoms. The van der Waals surface area contributed by atoms with Crippen molar-refractivity contribution < 1.29 is 14.8 Å². The van der Waals surface area contributed by atoms with Crippen LogP contribution in [0.15, 0.2) is 47.6 Å². The molecule has 0 aliphatic rings. The maximum atomic E-state index is 11.0. The lowest BCUT2D eigenvalue weighted by atomic mass is 10.1. The van der Waals surface area contributed by atoms with Crippen molar-refractivity contribution in [2.75, 3.05) is 7.11 Å². The first kappa shape index (κ1) is 15.3. The number of nitrogens with one attached hydrogen (secondary N) is 1. The summed E-state index contributed by atoms with van der Waals surface area (Å²) in [6.45, 7) is 0.493. The van der Waals surface area contributed by atoms with Crippen LogP contribution in [0.3, 0.4) is 0 Å². The van der Waals surface area contributed by atoms with E-state index in [0.717, 1.165) is 11.6 Å². The van der Waals surface area contributed by atoms with Crippen LogP contribution in [0.4, 0.5) is 5.69 Å². The number of phenolic OH excluding ortho intramolecular Hbond substituents is 1. The monoisotopic (exact) mass is 301 g/mol. The maximum absolute atomic E-state index is 11.0. The number of benzene rings is 2. The molecule has 0 unspecified atom stereocenters. The molecule has 0 bridgehead atoms. The second kappa shape index (κ2) is 7.07. The summed E-state index contributed by atoms with van der Waals surface area (Å²) in [5.41, 5.74) is 3.82. The summed E-state index contributed by atoms with van der Waals surface area (Å²) in [7, 11) is 1.33. The van der Waals surface area contributed by atoms with Gasteiger partial charge >= 0.3 is 0 Å². The number of phenols is 1. The van der Waals surface area contributed by atoms with E-state index in [-0.39, 0.29) is 22.7 Å². The van der Waals surface area contributed by atoms with E-state index in [2.05, 4.69) is 10.5 Å². The van der Waals surface area contributed by atoms with Crippen LogP contribution in [0, 0.1) is 10.1 Å². The van der Waals surface area contributed by atoms with Crippen molar-refractivity contribution in [1.82, 2.24) is 5.43 Å². The lowest BCUT2D eigenvalue weighted by Crippen LogP contribution is -2.06. The summed E-state index contributed by atoms with van der Waals surface area (Å²) >= 11 is 0. The topological polar surface area (TPSA) is 97.0 Å². The van der Waals surface area contributed by atoms with Gasteiger partial charge in [0.15, 0.2) is 11.5 Å². The first-order valence-corrected chi connectivity index (χ1v) is 6.47. The summed E-state index contributed by atoms with van der Waals surface area (Å²) in [5.74, 6) is -0.140. The minimum Gasteiger partial charge on any atom is -0.504 e. The Morgan fingerprint density at radius 1 is 1.36 bits per heavy atom. The third-order valence-corrected chi connectivity index (χ3v) is 2.95. The molecule has 7 nitrogen and oxygen atoms in total. The predicted molar refractivity (Wildman–Crippen MR) is 82.2 cm³/mol. The summed E-state index contributed by atoms with van der Waals surface area (Å²) in [5, 5.41) is 24.7. The third kappa shape index (κ3) is 3.72. The van der Waals surface area contributed by atoms with Gasteiger partial charge in [-0.25, -0.2) is 0 Å². The van der Waals surface area contributed by atoms with Crippen molar-refractivity contribution in [3.8, 4) is 11.5 Å². The highest BCUT2D eigenvalue weighted by molar-refractivity contribution is 5.86. The van der Waals surface area contributed by atoms with Gasteiger partial charge < -0.3 is 15.3 Å². The minimum atomic E-state index is -0.555. The molecule has 0 amide bonds. The minimum absolute atomic E-state index is 0.0427. The van der Waals surface area contributed by atoms with E-state index in [0.29, 0.717) is 6.54 Å². The molecule has 114 valence electrons. The van der Waals surface area contributed by atoms with Crippen LogP contribution < -0.4 is 10.2 Å². The average molecular weight is 301 g/mol. The quantitative estimate of drug-likeness (QED) is 0.485. The number of hydrogen-bond donors (Lipinski definition) is 2. The largest absolute Gasteiger partial charge is 0.504 e. The highest BCUT2D eigenvalue weighted by Crippen LogP contribution is 2.32. The SMILES string of the molecule is COc1cc([N+](=O)[O-])c(C=NNCc2ccccc2)cc1O. The molecule has 0 fully saturated rings. The molecule has 22 heavy (non-hydrogen) atoms. The highest BCUT2D eigenvalue weighted by Gasteiger charge is 2.17. The molecule has 0 aromatic heterocycles. The Morgan fingerprint density at radius 2 is 2.09 bits per heavy atom. The standard InChI is InChI=1S/C15H15N3O4/c1-22-15-8-13(18(20)21)12(7-14(15)19)10-17-16-9-11-5-3-2-4-6-11/h2-8,10,16,19H,9H2,1H3. The van der Waals surface area contributed by atoms with E-state index >= 15 is 0 Å². The number of methoxy groups -OCH3 is 1. The number of hydrogen-bond acceptors (Lipinski definition) is 6. The Bertz CT molecular complexity index is 687. The summed E-state index contributed by atoms with van der Waals surface area (Å²) in [6, 6.07) is 12.0. The molecule has 0 radical (unpaired) electrons. The normalized spacial score (nSPS) is 10.6. The zero-order chi connectivity index (χ0) is 15.9. The zero-order valence-electron chi connectivity index (χ0n) is 11.9. The Hall–Kier alpha value is -3.09. The Kier molecular flexibility index (Phi) is 4.92. The van der Waals surface area contributed by atoms with Crippen LogP contribution in [0.5, 0.6) is 11.5 Å². The molecule has 2 aromatic rings. The average Bonchev–Trinajstić information content (AvgIpc) is 2.52. The van der Waals surface area contributed by atoms with Crippen molar-refractivity contribution in [1.29, 1.82) is 0 Å². The Balaban J connectivity index is 2.12. The van der Waals surface area contributed by atoms with Crippen LogP contribution in [0.25, 0.3) is 0 Å². The lowest BCUT2D eigenvalue weighted by molar-refractivity contribution is -0.385. The molecular formula is C15H15N3O4. The van der Waals surface area contributed by atoms with E-state index < -0.39 is 4.92 Å². The molecule has 0 saturated carbocycles. The maximum Gasteiger partial charge on any atom is 0.282 e. The fourth-order valence-electron chi connectivity index (χ4n) is 1.85. The van der Waals surface area contributed by atoms with Gasteiger partial charge in [-0.1, -0.05) is 30.3 Å². The van der Waals surface area contributed by atoms with E-state index in [4.69, 9.17) is 4.74 Å². The Morgan fingerprint density at radius 3 is 2.73 bits per heavy atom. The molecule has 2 N–H and O–H groups in total. The van der Waals surface area contributed by atoms with Gasteiger partial charge in [0.05, 0.1) is 36.4 Å². The van der Waals surface area contributed by atoms with Crippen molar-refractivity contribution in [2.24, 2.45) is 5.10 Å². The van der Waals surface area contributed by atoms with Crippen LogP contribution in [-0.2, 0) is 6.54 Å². The fourth-order valence-corrected chi connectivity index (χ4v) is 1.85. The van der Waals surface area contributed by atoms with Crippen LogP contribution >= 0.6 is 0 Å². The van der Waals surface area contributed by atoms with Gasteiger partial charge in [-0.15, -0.1) is 0 Å². The van der Waals surface area contributed by atoms with Crippen molar-refractivity contribution in [3.63, 3.8) is 0 Å². The summed E-state index contributed by atoms with van der Waals surface area (Å²) in [6.07, 6.45) is 1.29. The number of rotatable bonds is 6. The van der Waals surface area contributed by atoms with Gasteiger partial charge in [-0.2, -0.15) is 5.10 Å². The second-order valence-corrected chi connectivity index (χ2v) is 4.42. The molecule has 0 heterocycles. The molecule has 0 aliphatic carbocycles. The van der Waals surface area contributed by atoms with E-state index in [1.54, 1.807) is 0 Å². The predicted octanol–water partition coefficient (Wildman–Crippen LogP) is 2.43. The highest BCUT2D eigenvalue weighted by atomic mass is 16.6. The number of nitro groups is 1. The molecule has 0 atom stereocenters. The first-order valence-electron chi connectivity index (χ1n) is 6.47. The number of hydrazone groups is 1.